The average Bonchev–Trinajstić information content (AvgIpc) is 3.39. The zero-order valence-electron chi connectivity index (χ0n) is 14.8. The van der Waals surface area contributed by atoms with Crippen molar-refractivity contribution in [3.8, 4) is 0 Å². The number of halogens is 1. The maximum atomic E-state index is 10.5. The van der Waals surface area contributed by atoms with Gasteiger partial charge in [0.2, 0.25) is 5.28 Å². The van der Waals surface area contributed by atoms with Crippen molar-refractivity contribution < 1.29 is 14.9 Å². The van der Waals surface area contributed by atoms with Crippen LogP contribution in [0.5, 0.6) is 0 Å². The fourth-order valence-electron chi connectivity index (χ4n) is 4.78. The van der Waals surface area contributed by atoms with E-state index in [4.69, 9.17) is 16.3 Å². The third kappa shape index (κ3) is 2.66. The molecule has 0 spiro atoms. The third-order valence-electron chi connectivity index (χ3n) is 6.21. The van der Waals surface area contributed by atoms with E-state index in [1.54, 1.807) is 6.20 Å². The summed E-state index contributed by atoms with van der Waals surface area (Å²) < 4.78 is 7.25. The molecule has 1 saturated carbocycles. The molecule has 3 fully saturated rings. The number of hydrogen-bond acceptors (Lipinski definition) is 7. The number of aliphatic hydroxyl groups excluding tert-OH is 2. The van der Waals surface area contributed by atoms with Gasteiger partial charge in [0.25, 0.3) is 0 Å². The maximum absolute atomic E-state index is 10.5. The smallest absolute Gasteiger partial charge is 0.226 e. The van der Waals surface area contributed by atoms with Crippen LogP contribution in [0.2, 0.25) is 5.28 Å². The van der Waals surface area contributed by atoms with Crippen molar-refractivity contribution in [3.63, 3.8) is 0 Å². The van der Waals surface area contributed by atoms with Crippen molar-refractivity contribution in [3.05, 3.63) is 23.6 Å². The SMILES string of the molecule is C=C1[C@@H](O)[C@H](n2ncc3c(N4C[C@H]5CCC[C@H]5C4)nc(Cl)nc32)O[C@@H]1CO. The van der Waals surface area contributed by atoms with E-state index >= 15 is 0 Å². The quantitative estimate of drug-likeness (QED) is 0.604. The van der Waals surface area contributed by atoms with Gasteiger partial charge < -0.3 is 19.8 Å². The number of ether oxygens (including phenoxy) is 1. The first kappa shape index (κ1) is 17.4. The molecule has 0 unspecified atom stereocenters. The Hall–Kier alpha value is -1.74. The van der Waals surface area contributed by atoms with Crippen molar-refractivity contribution in [1.82, 2.24) is 19.7 Å². The number of nitrogens with zero attached hydrogens (tertiary/aromatic N) is 5. The van der Waals surface area contributed by atoms with Gasteiger partial charge >= 0.3 is 0 Å². The highest BCUT2D eigenvalue weighted by atomic mass is 35.5. The van der Waals surface area contributed by atoms with Crippen LogP contribution in [0.15, 0.2) is 18.3 Å². The molecule has 3 aliphatic rings. The highest BCUT2D eigenvalue weighted by Crippen LogP contribution is 2.41. The maximum Gasteiger partial charge on any atom is 0.226 e. The molecule has 5 rings (SSSR count). The second-order valence-corrected chi connectivity index (χ2v) is 8.05. The third-order valence-corrected chi connectivity index (χ3v) is 6.38. The summed E-state index contributed by atoms with van der Waals surface area (Å²) in [5.41, 5.74) is 0.941. The van der Waals surface area contributed by atoms with Gasteiger partial charge in [-0.2, -0.15) is 15.1 Å². The molecule has 8 nitrogen and oxygen atoms in total. The van der Waals surface area contributed by atoms with Crippen LogP contribution in [0.3, 0.4) is 0 Å². The van der Waals surface area contributed by atoms with Gasteiger partial charge in [0, 0.05) is 13.1 Å². The van der Waals surface area contributed by atoms with Crippen molar-refractivity contribution in [1.29, 1.82) is 0 Å². The van der Waals surface area contributed by atoms with Crippen molar-refractivity contribution >= 4 is 28.5 Å². The molecule has 2 aromatic rings. The van der Waals surface area contributed by atoms with Gasteiger partial charge in [-0.15, -0.1) is 0 Å². The fourth-order valence-corrected chi connectivity index (χ4v) is 4.94. The fraction of sp³-hybridized carbons (Fsp3) is 0.611. The van der Waals surface area contributed by atoms with E-state index in [2.05, 4.69) is 26.5 Å². The van der Waals surface area contributed by atoms with Gasteiger partial charge in [0.05, 0.1) is 18.2 Å². The number of anilines is 1. The first-order chi connectivity index (χ1) is 13.1. The minimum absolute atomic E-state index is 0.140. The Kier molecular flexibility index (Phi) is 4.12. The topological polar surface area (TPSA) is 96.5 Å². The minimum atomic E-state index is -0.978. The summed E-state index contributed by atoms with van der Waals surface area (Å²) >= 11 is 6.23. The molecule has 2 N–H and O–H groups in total. The van der Waals surface area contributed by atoms with Crippen molar-refractivity contribution in [2.24, 2.45) is 11.8 Å². The summed E-state index contributed by atoms with van der Waals surface area (Å²) in [6.07, 6.45) is 3.15. The first-order valence-corrected chi connectivity index (χ1v) is 9.73. The largest absolute Gasteiger partial charge is 0.393 e. The summed E-state index contributed by atoms with van der Waals surface area (Å²) in [5, 5.41) is 25.2. The van der Waals surface area contributed by atoms with Crippen LogP contribution >= 0.6 is 11.6 Å². The van der Waals surface area contributed by atoms with Crippen LogP contribution in [0, 0.1) is 11.8 Å². The highest BCUT2D eigenvalue weighted by Gasteiger charge is 2.41. The molecule has 27 heavy (non-hydrogen) atoms. The highest BCUT2D eigenvalue weighted by molar-refractivity contribution is 6.28. The van der Waals surface area contributed by atoms with Gasteiger partial charge in [0.1, 0.15) is 18.0 Å². The molecule has 0 aromatic carbocycles. The number of rotatable bonds is 3. The molecule has 9 heteroatoms. The molecule has 144 valence electrons. The predicted molar refractivity (Wildman–Crippen MR) is 99.5 cm³/mol. The molecule has 0 bridgehead atoms. The lowest BCUT2D eigenvalue weighted by molar-refractivity contribution is -0.0545. The van der Waals surface area contributed by atoms with E-state index in [-0.39, 0.29) is 11.9 Å². The molecule has 0 radical (unpaired) electrons. The van der Waals surface area contributed by atoms with Crippen LogP contribution in [0.4, 0.5) is 5.82 Å². The number of fused-ring (bicyclic) bond motifs is 2. The molecule has 0 amide bonds. The Morgan fingerprint density at radius 2 is 2.00 bits per heavy atom. The summed E-state index contributed by atoms with van der Waals surface area (Å²) in [4.78, 5) is 11.1. The van der Waals surface area contributed by atoms with E-state index in [0.29, 0.717) is 11.2 Å². The first-order valence-electron chi connectivity index (χ1n) is 9.35. The second-order valence-electron chi connectivity index (χ2n) is 7.72. The lowest BCUT2D eigenvalue weighted by Gasteiger charge is -2.20. The van der Waals surface area contributed by atoms with Crippen molar-refractivity contribution in [2.45, 2.75) is 37.7 Å². The van der Waals surface area contributed by atoms with Gasteiger partial charge in [-0.05, 0) is 41.9 Å². The lowest BCUT2D eigenvalue weighted by atomic mass is 10.0. The summed E-state index contributed by atoms with van der Waals surface area (Å²) in [7, 11) is 0. The summed E-state index contributed by atoms with van der Waals surface area (Å²) in [5.74, 6) is 2.23. The van der Waals surface area contributed by atoms with E-state index < -0.39 is 18.4 Å². The second kappa shape index (κ2) is 6.41. The molecule has 1 aliphatic carbocycles. The average molecular weight is 392 g/mol. The molecular weight excluding hydrogens is 370 g/mol. The van der Waals surface area contributed by atoms with Gasteiger partial charge in [0.15, 0.2) is 11.9 Å². The molecule has 2 aliphatic heterocycles. The number of hydrogen-bond donors (Lipinski definition) is 2. The van der Waals surface area contributed by atoms with Crippen LogP contribution in [-0.2, 0) is 4.74 Å². The van der Waals surface area contributed by atoms with Crippen LogP contribution in [-0.4, -0.2) is 61.9 Å². The summed E-state index contributed by atoms with van der Waals surface area (Å²) in [6, 6.07) is 0. The van der Waals surface area contributed by atoms with Crippen LogP contribution in [0.1, 0.15) is 25.5 Å². The monoisotopic (exact) mass is 391 g/mol. The Labute approximate surface area is 161 Å². The zero-order valence-corrected chi connectivity index (χ0v) is 15.6. The lowest BCUT2D eigenvalue weighted by Crippen LogP contribution is -2.23. The molecule has 5 atom stereocenters. The zero-order chi connectivity index (χ0) is 18.7. The molecule has 2 saturated heterocycles. The Bertz CT molecular complexity index is 890. The molecule has 4 heterocycles. The number of aliphatic hydroxyl groups is 2. The van der Waals surface area contributed by atoms with E-state index in [0.717, 1.165) is 36.1 Å². The summed E-state index contributed by atoms with van der Waals surface area (Å²) in [6.45, 7) is 5.52. The minimum Gasteiger partial charge on any atom is -0.393 e. The standard InChI is InChI=1S/C18H22ClN5O3/c1-9-13(8-25)27-17(14(9)26)24-16-12(5-20-24)15(21-18(19)22-16)23-6-10-3-2-4-11(10)7-23/h5,10-11,13-14,17,25-26H,1-4,6-8H2/t10-,11+,13-,14-,17-/m1/s1. The Morgan fingerprint density at radius 1 is 1.26 bits per heavy atom. The predicted octanol–water partition coefficient (Wildman–Crippen LogP) is 1.52. The normalized spacial score (nSPS) is 33.4. The molecule has 2 aromatic heterocycles. The van der Waals surface area contributed by atoms with E-state index in [1.165, 1.54) is 23.9 Å². The van der Waals surface area contributed by atoms with Crippen LogP contribution < -0.4 is 4.90 Å². The molecular formula is C18H22ClN5O3. The van der Waals surface area contributed by atoms with E-state index in [9.17, 15) is 10.2 Å². The Balaban J connectivity index is 1.54. The van der Waals surface area contributed by atoms with Gasteiger partial charge in [-0.25, -0.2) is 4.68 Å². The van der Waals surface area contributed by atoms with Crippen molar-refractivity contribution in [2.75, 3.05) is 24.6 Å². The number of aromatic nitrogens is 4. The van der Waals surface area contributed by atoms with Gasteiger partial charge in [-0.3, -0.25) is 0 Å². The van der Waals surface area contributed by atoms with Crippen LogP contribution in [0.25, 0.3) is 11.0 Å². The van der Waals surface area contributed by atoms with Gasteiger partial charge in [-0.1, -0.05) is 13.0 Å². The van der Waals surface area contributed by atoms with E-state index in [1.807, 2.05) is 0 Å². The Morgan fingerprint density at radius 3 is 2.67 bits per heavy atom.